The minimum Gasteiger partial charge on any atom is -0.486 e. The van der Waals surface area contributed by atoms with Gasteiger partial charge in [0.05, 0.1) is 0 Å². The van der Waals surface area contributed by atoms with Gasteiger partial charge in [-0.2, -0.15) is 0 Å². The summed E-state index contributed by atoms with van der Waals surface area (Å²) in [5.74, 6) is 0.592. The monoisotopic (exact) mass is 279 g/mol. The number of esters is 1. The molecule has 2 N–H and O–H groups in total. The molecule has 0 bridgehead atoms. The van der Waals surface area contributed by atoms with E-state index in [9.17, 15) is 4.79 Å². The smallest absolute Gasteiger partial charge is 0.323 e. The molecule has 0 aromatic heterocycles. The lowest BCUT2D eigenvalue weighted by Crippen LogP contribution is -2.41. The fourth-order valence-corrected chi connectivity index (χ4v) is 1.98. The van der Waals surface area contributed by atoms with E-state index in [1.807, 2.05) is 52.0 Å². The number of carbonyl (C=O) groups is 1. The maximum atomic E-state index is 11.6. The van der Waals surface area contributed by atoms with Crippen LogP contribution in [0.4, 0.5) is 0 Å². The first kappa shape index (κ1) is 16.5. The van der Waals surface area contributed by atoms with Gasteiger partial charge in [0.2, 0.25) is 0 Å². The first-order chi connectivity index (χ1) is 9.31. The molecule has 0 heterocycles. The van der Waals surface area contributed by atoms with Gasteiger partial charge in [0, 0.05) is 0 Å². The van der Waals surface area contributed by atoms with Crippen LogP contribution in [0.5, 0.6) is 5.75 Å². The highest BCUT2D eigenvalue weighted by atomic mass is 16.6. The number of nitrogens with two attached hydrogens (primary N) is 1. The van der Waals surface area contributed by atoms with Crippen LogP contribution in [0.3, 0.4) is 0 Å². The van der Waals surface area contributed by atoms with Gasteiger partial charge in [-0.25, -0.2) is 0 Å². The zero-order valence-electron chi connectivity index (χ0n) is 12.9. The van der Waals surface area contributed by atoms with Gasteiger partial charge >= 0.3 is 5.97 Å². The van der Waals surface area contributed by atoms with Crippen molar-refractivity contribution in [3.63, 3.8) is 0 Å². The van der Waals surface area contributed by atoms with Crippen molar-refractivity contribution in [3.8, 4) is 5.75 Å². The summed E-state index contributed by atoms with van der Waals surface area (Å²) in [6, 6.07) is 7.21. The number of carbonyl (C=O) groups excluding carboxylic acids is 1. The number of hydrogen-bond acceptors (Lipinski definition) is 4. The zero-order valence-corrected chi connectivity index (χ0v) is 12.9. The molecule has 1 aromatic carbocycles. The molecule has 0 unspecified atom stereocenters. The summed E-state index contributed by atoms with van der Waals surface area (Å²) < 4.78 is 11.3. The van der Waals surface area contributed by atoms with Crippen LogP contribution in [0.25, 0.3) is 0 Å². The molecule has 20 heavy (non-hydrogen) atoms. The van der Waals surface area contributed by atoms with Crippen molar-refractivity contribution in [2.24, 2.45) is 11.7 Å². The van der Waals surface area contributed by atoms with Crippen LogP contribution < -0.4 is 10.5 Å². The summed E-state index contributed by atoms with van der Waals surface area (Å²) in [6.07, 6.45) is -0.562. The molecular weight excluding hydrogens is 254 g/mol. The molecule has 1 aromatic rings. The molecule has 112 valence electrons. The Hall–Kier alpha value is -1.55. The van der Waals surface area contributed by atoms with Crippen LogP contribution in [-0.4, -0.2) is 24.2 Å². The van der Waals surface area contributed by atoms with Crippen molar-refractivity contribution < 1.29 is 14.3 Å². The van der Waals surface area contributed by atoms with E-state index in [1.165, 1.54) is 0 Å². The Kier molecular flexibility index (Phi) is 6.02. The summed E-state index contributed by atoms with van der Waals surface area (Å²) in [6.45, 7) is 9.53. The predicted molar refractivity (Wildman–Crippen MR) is 79.6 cm³/mol. The lowest BCUT2D eigenvalue weighted by molar-refractivity contribution is -0.155. The number of benzene rings is 1. The lowest BCUT2D eigenvalue weighted by Gasteiger charge is -2.28. The fraction of sp³-hybridized carbons (Fsp3) is 0.562. The first-order valence-corrected chi connectivity index (χ1v) is 7.00. The van der Waals surface area contributed by atoms with Crippen LogP contribution in [0.1, 0.15) is 33.3 Å². The van der Waals surface area contributed by atoms with Crippen molar-refractivity contribution in [1.29, 1.82) is 0 Å². The molecule has 4 heteroatoms. The Morgan fingerprint density at radius 3 is 2.35 bits per heavy atom. The second kappa shape index (κ2) is 7.29. The maximum absolute atomic E-state index is 11.6. The molecule has 0 saturated heterocycles. The highest BCUT2D eigenvalue weighted by Crippen LogP contribution is 2.21. The van der Waals surface area contributed by atoms with Gasteiger partial charge in [0.15, 0.2) is 0 Å². The van der Waals surface area contributed by atoms with E-state index >= 15 is 0 Å². The molecule has 0 amide bonds. The second-order valence-corrected chi connectivity index (χ2v) is 5.57. The van der Waals surface area contributed by atoms with Gasteiger partial charge in [-0.15, -0.1) is 0 Å². The Morgan fingerprint density at radius 2 is 1.85 bits per heavy atom. The average molecular weight is 279 g/mol. The Morgan fingerprint density at radius 1 is 1.20 bits per heavy atom. The molecule has 0 aliphatic heterocycles. The molecular formula is C16H25NO3. The third-order valence-corrected chi connectivity index (χ3v) is 3.06. The van der Waals surface area contributed by atoms with E-state index in [2.05, 4.69) is 0 Å². The topological polar surface area (TPSA) is 61.5 Å². The highest BCUT2D eigenvalue weighted by molar-refractivity contribution is 5.75. The average Bonchev–Trinajstić information content (AvgIpc) is 2.35. The Bertz CT molecular complexity index is 443. The Labute approximate surface area is 121 Å². The van der Waals surface area contributed by atoms with Crippen molar-refractivity contribution in [2.75, 3.05) is 0 Å². The van der Waals surface area contributed by atoms with Crippen LogP contribution in [-0.2, 0) is 9.53 Å². The second-order valence-electron chi connectivity index (χ2n) is 5.57. The van der Waals surface area contributed by atoms with Crippen LogP contribution >= 0.6 is 0 Å². The fourth-order valence-electron chi connectivity index (χ4n) is 1.98. The zero-order chi connectivity index (χ0) is 15.3. The summed E-state index contributed by atoms with van der Waals surface area (Å²) in [4.78, 5) is 11.6. The van der Waals surface area contributed by atoms with Crippen LogP contribution in [0.15, 0.2) is 24.3 Å². The van der Waals surface area contributed by atoms with Crippen LogP contribution in [0, 0.1) is 12.8 Å². The standard InChI is InChI=1S/C16H25NO3/c1-10(2)15(13(5)19-16(18)12(4)17)20-14-8-6-7-11(3)9-14/h6-10,12-13,15H,17H2,1-5H3/t12-,13-,15+/m0/s1. The molecule has 0 aliphatic rings. The number of hydrogen-bond donors (Lipinski definition) is 1. The normalized spacial score (nSPS) is 15.6. The van der Waals surface area contributed by atoms with E-state index in [0.29, 0.717) is 0 Å². The number of ether oxygens (including phenoxy) is 2. The van der Waals surface area contributed by atoms with Crippen LogP contribution in [0.2, 0.25) is 0 Å². The van der Waals surface area contributed by atoms with E-state index < -0.39 is 12.0 Å². The summed E-state index contributed by atoms with van der Waals surface area (Å²) in [7, 11) is 0. The molecule has 1 rings (SSSR count). The summed E-state index contributed by atoms with van der Waals surface area (Å²) in [5, 5.41) is 0. The SMILES string of the molecule is Cc1cccc(O[C@H](C(C)C)[C@H](C)OC(=O)[C@H](C)N)c1. The number of aryl methyl sites for hydroxylation is 1. The minimum atomic E-state index is -0.621. The molecule has 3 atom stereocenters. The van der Waals surface area contributed by atoms with E-state index in [4.69, 9.17) is 15.2 Å². The lowest BCUT2D eigenvalue weighted by atomic mass is 10.0. The molecule has 0 radical (unpaired) electrons. The van der Waals surface area contributed by atoms with Crippen molar-refractivity contribution in [2.45, 2.75) is 52.9 Å². The molecule has 4 nitrogen and oxygen atoms in total. The molecule has 0 spiro atoms. The maximum Gasteiger partial charge on any atom is 0.323 e. The first-order valence-electron chi connectivity index (χ1n) is 7.00. The third kappa shape index (κ3) is 4.85. The van der Waals surface area contributed by atoms with Gasteiger partial charge in [-0.1, -0.05) is 26.0 Å². The Balaban J connectivity index is 2.76. The largest absolute Gasteiger partial charge is 0.486 e. The highest BCUT2D eigenvalue weighted by Gasteiger charge is 2.27. The van der Waals surface area contributed by atoms with Crippen molar-refractivity contribution >= 4 is 5.97 Å². The minimum absolute atomic E-state index is 0.209. The van der Waals surface area contributed by atoms with Gasteiger partial charge in [-0.05, 0) is 44.4 Å². The van der Waals surface area contributed by atoms with E-state index in [1.54, 1.807) is 6.92 Å². The van der Waals surface area contributed by atoms with E-state index in [-0.39, 0.29) is 18.1 Å². The van der Waals surface area contributed by atoms with Crippen molar-refractivity contribution in [3.05, 3.63) is 29.8 Å². The van der Waals surface area contributed by atoms with Gasteiger partial charge in [0.25, 0.3) is 0 Å². The summed E-state index contributed by atoms with van der Waals surface area (Å²) >= 11 is 0. The number of rotatable bonds is 6. The quantitative estimate of drug-likeness (QED) is 0.813. The molecule has 0 aliphatic carbocycles. The molecule has 0 fully saturated rings. The van der Waals surface area contributed by atoms with Gasteiger partial charge in [0.1, 0.15) is 24.0 Å². The third-order valence-electron chi connectivity index (χ3n) is 3.06. The van der Waals surface area contributed by atoms with Gasteiger partial charge in [-0.3, -0.25) is 4.79 Å². The summed E-state index contributed by atoms with van der Waals surface area (Å²) in [5.41, 5.74) is 6.65. The molecule has 0 saturated carbocycles. The van der Waals surface area contributed by atoms with E-state index in [0.717, 1.165) is 11.3 Å². The van der Waals surface area contributed by atoms with Gasteiger partial charge < -0.3 is 15.2 Å². The predicted octanol–water partition coefficient (Wildman–Crippen LogP) is 2.68. The van der Waals surface area contributed by atoms with Crippen molar-refractivity contribution in [1.82, 2.24) is 0 Å².